The van der Waals surface area contributed by atoms with Crippen molar-refractivity contribution in [1.29, 1.82) is 0 Å². The number of thioether (sulfide) groups is 1. The monoisotopic (exact) mass is 303 g/mol. The van der Waals surface area contributed by atoms with Crippen molar-refractivity contribution < 1.29 is 4.79 Å². The van der Waals surface area contributed by atoms with Crippen molar-refractivity contribution in [3.05, 3.63) is 47.3 Å². The molecular formula is C16H21N3OS. The molecule has 5 heteroatoms. The van der Waals surface area contributed by atoms with Crippen LogP contribution in [0.5, 0.6) is 0 Å². The normalized spacial score (nSPS) is 10.6. The molecular weight excluding hydrogens is 282 g/mol. The number of rotatable bonds is 6. The van der Waals surface area contributed by atoms with Gasteiger partial charge >= 0.3 is 0 Å². The Hall–Kier alpha value is -1.75. The summed E-state index contributed by atoms with van der Waals surface area (Å²) >= 11 is 1.56. The standard InChI is InChI=1S/C16H21N3OS/c1-12-15(13(2)19(3)18-12)9-10-17-16(20)11-21-14-7-5-4-6-8-14/h4-8H,9-11H2,1-3H3,(H,17,20). The predicted molar refractivity (Wildman–Crippen MR) is 86.6 cm³/mol. The van der Waals surface area contributed by atoms with Crippen molar-refractivity contribution >= 4 is 17.7 Å². The van der Waals surface area contributed by atoms with Crippen molar-refractivity contribution in [3.8, 4) is 0 Å². The fourth-order valence-corrected chi connectivity index (χ4v) is 2.97. The third kappa shape index (κ3) is 4.36. The van der Waals surface area contributed by atoms with Crippen LogP contribution in [0.25, 0.3) is 0 Å². The molecule has 0 unspecified atom stereocenters. The summed E-state index contributed by atoms with van der Waals surface area (Å²) in [7, 11) is 1.95. The van der Waals surface area contributed by atoms with E-state index in [0.717, 1.165) is 17.0 Å². The van der Waals surface area contributed by atoms with Gasteiger partial charge in [0.2, 0.25) is 5.91 Å². The van der Waals surface area contributed by atoms with Gasteiger partial charge in [-0.1, -0.05) is 18.2 Å². The van der Waals surface area contributed by atoms with E-state index >= 15 is 0 Å². The van der Waals surface area contributed by atoms with Crippen LogP contribution in [0, 0.1) is 13.8 Å². The largest absolute Gasteiger partial charge is 0.355 e. The van der Waals surface area contributed by atoms with Crippen molar-refractivity contribution in [2.24, 2.45) is 7.05 Å². The van der Waals surface area contributed by atoms with Crippen molar-refractivity contribution in [3.63, 3.8) is 0 Å². The number of hydrogen-bond donors (Lipinski definition) is 1. The molecule has 1 N–H and O–H groups in total. The number of aryl methyl sites for hydroxylation is 2. The van der Waals surface area contributed by atoms with Crippen LogP contribution in [0.15, 0.2) is 35.2 Å². The van der Waals surface area contributed by atoms with E-state index in [9.17, 15) is 4.79 Å². The van der Waals surface area contributed by atoms with Gasteiger partial charge in [-0.2, -0.15) is 5.10 Å². The zero-order valence-electron chi connectivity index (χ0n) is 12.7. The first kappa shape index (κ1) is 15.6. The lowest BCUT2D eigenvalue weighted by atomic mass is 10.1. The van der Waals surface area contributed by atoms with Gasteiger partial charge < -0.3 is 5.32 Å². The molecule has 2 rings (SSSR count). The fraction of sp³-hybridized carbons (Fsp3) is 0.375. The summed E-state index contributed by atoms with van der Waals surface area (Å²) in [5, 5.41) is 7.35. The molecule has 0 atom stereocenters. The number of aromatic nitrogens is 2. The molecule has 4 nitrogen and oxygen atoms in total. The van der Waals surface area contributed by atoms with Crippen molar-refractivity contribution in [2.75, 3.05) is 12.3 Å². The van der Waals surface area contributed by atoms with E-state index in [4.69, 9.17) is 0 Å². The van der Waals surface area contributed by atoms with Gasteiger partial charge in [-0.15, -0.1) is 11.8 Å². The third-order valence-electron chi connectivity index (χ3n) is 3.47. The van der Waals surface area contributed by atoms with E-state index in [-0.39, 0.29) is 5.91 Å². The zero-order valence-corrected chi connectivity index (χ0v) is 13.5. The molecule has 0 spiro atoms. The van der Waals surface area contributed by atoms with E-state index in [2.05, 4.69) is 17.3 Å². The topological polar surface area (TPSA) is 46.9 Å². The summed E-state index contributed by atoms with van der Waals surface area (Å²) in [5.74, 6) is 0.526. The first-order valence-electron chi connectivity index (χ1n) is 7.01. The first-order valence-corrected chi connectivity index (χ1v) is 8.00. The van der Waals surface area contributed by atoms with Crippen LogP contribution < -0.4 is 5.32 Å². The fourth-order valence-electron chi connectivity index (χ4n) is 2.22. The second kappa shape index (κ2) is 7.31. The summed E-state index contributed by atoms with van der Waals surface area (Å²) in [6.07, 6.45) is 0.827. The van der Waals surface area contributed by atoms with Gasteiger partial charge in [0.25, 0.3) is 0 Å². The number of hydrogen-bond acceptors (Lipinski definition) is 3. The van der Waals surface area contributed by atoms with Gasteiger partial charge in [0.1, 0.15) is 0 Å². The zero-order chi connectivity index (χ0) is 15.2. The molecule has 21 heavy (non-hydrogen) atoms. The molecule has 0 aliphatic rings. The van der Waals surface area contributed by atoms with Crippen molar-refractivity contribution in [2.45, 2.75) is 25.2 Å². The molecule has 0 radical (unpaired) electrons. The number of nitrogens with zero attached hydrogens (tertiary/aromatic N) is 2. The molecule has 2 aromatic rings. The second-order valence-corrected chi connectivity index (χ2v) is 6.02. The molecule has 1 aromatic heterocycles. The smallest absolute Gasteiger partial charge is 0.230 e. The summed E-state index contributed by atoms with van der Waals surface area (Å²) in [4.78, 5) is 12.9. The number of carbonyl (C=O) groups excluding carboxylic acids is 1. The highest BCUT2D eigenvalue weighted by atomic mass is 32.2. The molecule has 112 valence electrons. The van der Waals surface area contributed by atoms with E-state index < -0.39 is 0 Å². The minimum Gasteiger partial charge on any atom is -0.355 e. The average Bonchev–Trinajstić information content (AvgIpc) is 2.72. The summed E-state index contributed by atoms with van der Waals surface area (Å²) < 4.78 is 1.89. The number of amides is 1. The summed E-state index contributed by atoms with van der Waals surface area (Å²) in [6, 6.07) is 9.96. The quantitative estimate of drug-likeness (QED) is 0.834. The minimum absolute atomic E-state index is 0.0723. The van der Waals surface area contributed by atoms with Gasteiger partial charge in [0.05, 0.1) is 11.4 Å². The van der Waals surface area contributed by atoms with Crippen molar-refractivity contribution in [1.82, 2.24) is 15.1 Å². The molecule has 0 saturated carbocycles. The van der Waals surface area contributed by atoms with E-state index in [1.165, 1.54) is 11.3 Å². The predicted octanol–water partition coefficient (Wildman–Crippen LogP) is 2.49. The summed E-state index contributed by atoms with van der Waals surface area (Å²) in [5.41, 5.74) is 3.44. The van der Waals surface area contributed by atoms with Gasteiger partial charge in [-0.25, -0.2) is 0 Å². The lowest BCUT2D eigenvalue weighted by molar-refractivity contribution is -0.118. The Morgan fingerprint density at radius 2 is 2.00 bits per heavy atom. The Bertz CT molecular complexity index is 607. The lowest BCUT2D eigenvalue weighted by Crippen LogP contribution is -2.27. The SMILES string of the molecule is Cc1nn(C)c(C)c1CCNC(=O)CSc1ccccc1. The Balaban J connectivity index is 1.74. The molecule has 1 heterocycles. The van der Waals surface area contributed by atoms with Crippen LogP contribution in [-0.2, 0) is 18.3 Å². The van der Waals surface area contributed by atoms with Crippen LogP contribution in [0.2, 0.25) is 0 Å². The van der Waals surface area contributed by atoms with Gasteiger partial charge in [-0.3, -0.25) is 9.48 Å². The van der Waals surface area contributed by atoms with Crippen LogP contribution >= 0.6 is 11.8 Å². The number of nitrogens with one attached hydrogen (secondary N) is 1. The molecule has 0 aliphatic carbocycles. The molecule has 0 bridgehead atoms. The molecule has 0 fully saturated rings. The molecule has 1 amide bonds. The number of benzene rings is 1. The first-order chi connectivity index (χ1) is 10.1. The van der Waals surface area contributed by atoms with Crippen LogP contribution in [0.1, 0.15) is 17.0 Å². The van der Waals surface area contributed by atoms with Gasteiger partial charge in [0.15, 0.2) is 0 Å². The summed E-state index contributed by atoms with van der Waals surface area (Å²) in [6.45, 7) is 4.72. The molecule has 0 aliphatic heterocycles. The Morgan fingerprint density at radius 3 is 2.62 bits per heavy atom. The maximum atomic E-state index is 11.8. The minimum atomic E-state index is 0.0723. The van der Waals surface area contributed by atoms with Crippen LogP contribution in [0.3, 0.4) is 0 Å². The molecule has 0 saturated heterocycles. The Kier molecular flexibility index (Phi) is 5.44. The third-order valence-corrected chi connectivity index (χ3v) is 4.48. The van der Waals surface area contributed by atoms with Gasteiger partial charge in [0, 0.05) is 24.2 Å². The highest BCUT2D eigenvalue weighted by Crippen LogP contribution is 2.16. The lowest BCUT2D eigenvalue weighted by Gasteiger charge is -2.06. The van der Waals surface area contributed by atoms with Crippen LogP contribution in [0.4, 0.5) is 0 Å². The average molecular weight is 303 g/mol. The van der Waals surface area contributed by atoms with Crippen LogP contribution in [-0.4, -0.2) is 28.0 Å². The maximum absolute atomic E-state index is 11.8. The van der Waals surface area contributed by atoms with E-state index in [1.54, 1.807) is 11.8 Å². The highest BCUT2D eigenvalue weighted by molar-refractivity contribution is 8.00. The van der Waals surface area contributed by atoms with Gasteiger partial charge in [-0.05, 0) is 38.0 Å². The van der Waals surface area contributed by atoms with E-state index in [0.29, 0.717) is 12.3 Å². The second-order valence-electron chi connectivity index (χ2n) is 4.97. The molecule has 1 aromatic carbocycles. The Morgan fingerprint density at radius 1 is 1.29 bits per heavy atom. The number of carbonyl (C=O) groups is 1. The van der Waals surface area contributed by atoms with E-state index in [1.807, 2.05) is 49.0 Å². The highest BCUT2D eigenvalue weighted by Gasteiger charge is 2.09. The Labute approximate surface area is 129 Å². The maximum Gasteiger partial charge on any atom is 0.230 e.